The zero-order chi connectivity index (χ0) is 12.0. The molecule has 0 fully saturated rings. The molecular formula is C16H24. The van der Waals surface area contributed by atoms with Crippen LogP contribution >= 0.6 is 0 Å². The van der Waals surface area contributed by atoms with Gasteiger partial charge in [0.1, 0.15) is 0 Å². The third-order valence-corrected chi connectivity index (χ3v) is 2.51. The average molecular weight is 216 g/mol. The highest BCUT2D eigenvalue weighted by molar-refractivity contribution is 5.52. The third kappa shape index (κ3) is 5.16. The van der Waals surface area contributed by atoms with Gasteiger partial charge in [-0.2, -0.15) is 0 Å². The maximum atomic E-state index is 2.36. The van der Waals surface area contributed by atoms with Crippen LogP contribution in [0.5, 0.6) is 0 Å². The fourth-order valence-electron chi connectivity index (χ4n) is 2.03. The quantitative estimate of drug-likeness (QED) is 0.637. The van der Waals surface area contributed by atoms with Crippen LogP contribution in [0.25, 0.3) is 6.08 Å². The van der Waals surface area contributed by atoms with Crippen LogP contribution in [0, 0.1) is 11.8 Å². The number of allylic oxidation sites excluding steroid dienone is 1. The highest BCUT2D eigenvalue weighted by atomic mass is 14.1. The molecule has 0 atom stereocenters. The van der Waals surface area contributed by atoms with Crippen LogP contribution in [-0.2, 0) is 0 Å². The Hall–Kier alpha value is -1.04. The summed E-state index contributed by atoms with van der Waals surface area (Å²) < 4.78 is 0. The van der Waals surface area contributed by atoms with Crippen LogP contribution in [0.4, 0.5) is 0 Å². The van der Waals surface area contributed by atoms with E-state index in [9.17, 15) is 0 Å². The zero-order valence-corrected chi connectivity index (χ0v) is 11.0. The first kappa shape index (κ1) is 13.0. The van der Waals surface area contributed by atoms with E-state index in [1.54, 1.807) is 5.57 Å². The van der Waals surface area contributed by atoms with Crippen LogP contribution < -0.4 is 0 Å². The summed E-state index contributed by atoms with van der Waals surface area (Å²) in [5.41, 5.74) is 2.91. The largest absolute Gasteiger partial charge is 0.0691 e. The van der Waals surface area contributed by atoms with Crippen molar-refractivity contribution in [3.8, 4) is 0 Å². The maximum absolute atomic E-state index is 2.36. The van der Waals surface area contributed by atoms with Gasteiger partial charge in [0.15, 0.2) is 0 Å². The van der Waals surface area contributed by atoms with Gasteiger partial charge in [-0.3, -0.25) is 0 Å². The molecule has 0 radical (unpaired) electrons. The lowest BCUT2D eigenvalue weighted by Crippen LogP contribution is -1.96. The highest BCUT2D eigenvalue weighted by Gasteiger charge is 2.04. The molecule has 0 unspecified atom stereocenters. The van der Waals surface area contributed by atoms with Crippen molar-refractivity contribution < 1.29 is 0 Å². The standard InChI is InChI=1S/C16H24/c1-13(2)10-16(11-14(3)4)12-15-8-6-5-7-9-15/h5-9,12-14H,10-11H2,1-4H3. The van der Waals surface area contributed by atoms with E-state index in [-0.39, 0.29) is 0 Å². The Kier molecular flexibility index (Phi) is 5.31. The molecule has 0 aliphatic carbocycles. The molecule has 0 spiro atoms. The molecule has 0 amide bonds. The molecule has 1 rings (SSSR count). The lowest BCUT2D eigenvalue weighted by molar-refractivity contribution is 0.574. The Morgan fingerprint density at radius 2 is 1.44 bits per heavy atom. The predicted octanol–water partition coefficient (Wildman–Crippen LogP) is 5.16. The van der Waals surface area contributed by atoms with Gasteiger partial charge in [-0.1, -0.05) is 69.7 Å². The van der Waals surface area contributed by atoms with Gasteiger partial charge in [0.25, 0.3) is 0 Å². The van der Waals surface area contributed by atoms with E-state index in [2.05, 4.69) is 64.1 Å². The first-order chi connectivity index (χ1) is 7.58. The van der Waals surface area contributed by atoms with Crippen LogP contribution in [0.2, 0.25) is 0 Å². The van der Waals surface area contributed by atoms with E-state index in [1.165, 1.54) is 18.4 Å². The Balaban J connectivity index is 2.79. The van der Waals surface area contributed by atoms with Gasteiger partial charge >= 0.3 is 0 Å². The molecule has 0 saturated heterocycles. The van der Waals surface area contributed by atoms with Crippen molar-refractivity contribution in [1.82, 2.24) is 0 Å². The van der Waals surface area contributed by atoms with E-state index in [4.69, 9.17) is 0 Å². The van der Waals surface area contributed by atoms with Crippen LogP contribution in [-0.4, -0.2) is 0 Å². The molecule has 0 bridgehead atoms. The van der Waals surface area contributed by atoms with Crippen molar-refractivity contribution in [2.75, 3.05) is 0 Å². The van der Waals surface area contributed by atoms with E-state index < -0.39 is 0 Å². The minimum Gasteiger partial charge on any atom is -0.0691 e. The van der Waals surface area contributed by atoms with Crippen molar-refractivity contribution in [2.45, 2.75) is 40.5 Å². The van der Waals surface area contributed by atoms with E-state index in [0.717, 1.165) is 11.8 Å². The maximum Gasteiger partial charge on any atom is -0.0257 e. The van der Waals surface area contributed by atoms with Gasteiger partial charge in [0, 0.05) is 0 Å². The molecule has 1 aromatic rings. The summed E-state index contributed by atoms with van der Waals surface area (Å²) in [4.78, 5) is 0. The van der Waals surface area contributed by atoms with Crippen LogP contribution in [0.1, 0.15) is 46.1 Å². The van der Waals surface area contributed by atoms with Crippen molar-refractivity contribution in [3.63, 3.8) is 0 Å². The Labute approximate surface area is 100 Å². The topological polar surface area (TPSA) is 0 Å². The summed E-state index contributed by atoms with van der Waals surface area (Å²) in [6.07, 6.45) is 4.79. The smallest absolute Gasteiger partial charge is 0.0257 e. The molecule has 0 nitrogen and oxygen atoms in total. The molecule has 0 heterocycles. The first-order valence-corrected chi connectivity index (χ1v) is 6.32. The van der Waals surface area contributed by atoms with Gasteiger partial charge in [0.05, 0.1) is 0 Å². The van der Waals surface area contributed by atoms with Crippen LogP contribution in [0.3, 0.4) is 0 Å². The number of hydrogen-bond donors (Lipinski definition) is 0. The third-order valence-electron chi connectivity index (χ3n) is 2.51. The molecule has 0 heteroatoms. The van der Waals surface area contributed by atoms with E-state index in [1.807, 2.05) is 0 Å². The number of benzene rings is 1. The minimum absolute atomic E-state index is 0.744. The molecule has 0 saturated carbocycles. The Morgan fingerprint density at radius 1 is 0.938 bits per heavy atom. The number of hydrogen-bond acceptors (Lipinski definition) is 0. The summed E-state index contributed by atoms with van der Waals surface area (Å²) in [6, 6.07) is 10.6. The fraction of sp³-hybridized carbons (Fsp3) is 0.500. The lowest BCUT2D eigenvalue weighted by atomic mass is 9.93. The summed E-state index contributed by atoms with van der Waals surface area (Å²) in [6.45, 7) is 9.16. The van der Waals surface area contributed by atoms with E-state index in [0.29, 0.717) is 0 Å². The fourth-order valence-corrected chi connectivity index (χ4v) is 2.03. The highest BCUT2D eigenvalue weighted by Crippen LogP contribution is 2.21. The van der Waals surface area contributed by atoms with Crippen LogP contribution in [0.15, 0.2) is 35.9 Å². The molecule has 0 aromatic heterocycles. The lowest BCUT2D eigenvalue weighted by Gasteiger charge is -2.13. The first-order valence-electron chi connectivity index (χ1n) is 6.32. The normalized spacial score (nSPS) is 10.9. The molecule has 88 valence electrons. The predicted molar refractivity (Wildman–Crippen MR) is 73.3 cm³/mol. The zero-order valence-electron chi connectivity index (χ0n) is 11.0. The summed E-state index contributed by atoms with van der Waals surface area (Å²) in [5.74, 6) is 1.49. The van der Waals surface area contributed by atoms with Crippen molar-refractivity contribution in [1.29, 1.82) is 0 Å². The van der Waals surface area contributed by atoms with Crippen molar-refractivity contribution in [2.24, 2.45) is 11.8 Å². The Morgan fingerprint density at radius 3 is 1.88 bits per heavy atom. The average Bonchev–Trinajstić information content (AvgIpc) is 2.16. The summed E-state index contributed by atoms with van der Waals surface area (Å²) in [5, 5.41) is 0. The SMILES string of the molecule is CC(C)CC(=Cc1ccccc1)CC(C)C. The Bertz CT molecular complexity index is 305. The molecule has 16 heavy (non-hydrogen) atoms. The minimum atomic E-state index is 0.744. The van der Waals surface area contributed by atoms with Gasteiger partial charge in [-0.25, -0.2) is 0 Å². The van der Waals surface area contributed by atoms with E-state index >= 15 is 0 Å². The van der Waals surface area contributed by atoms with Gasteiger partial charge in [0.2, 0.25) is 0 Å². The monoisotopic (exact) mass is 216 g/mol. The van der Waals surface area contributed by atoms with Crippen molar-refractivity contribution in [3.05, 3.63) is 41.5 Å². The second kappa shape index (κ2) is 6.52. The molecular weight excluding hydrogens is 192 g/mol. The number of rotatable bonds is 5. The summed E-state index contributed by atoms with van der Waals surface area (Å²) >= 11 is 0. The summed E-state index contributed by atoms with van der Waals surface area (Å²) in [7, 11) is 0. The molecule has 0 aliphatic heterocycles. The second-order valence-electron chi connectivity index (χ2n) is 5.41. The van der Waals surface area contributed by atoms with Gasteiger partial charge in [-0.15, -0.1) is 0 Å². The second-order valence-corrected chi connectivity index (χ2v) is 5.41. The van der Waals surface area contributed by atoms with Gasteiger partial charge in [-0.05, 0) is 30.2 Å². The molecule has 0 N–H and O–H groups in total. The molecule has 0 aliphatic rings. The van der Waals surface area contributed by atoms with Crippen molar-refractivity contribution >= 4 is 6.08 Å². The van der Waals surface area contributed by atoms with Gasteiger partial charge < -0.3 is 0 Å². The molecule has 1 aromatic carbocycles.